The Morgan fingerprint density at radius 2 is 2.06 bits per heavy atom. The van der Waals surface area contributed by atoms with Gasteiger partial charge in [0.25, 0.3) is 0 Å². The maximum absolute atomic E-state index is 5.80. The zero-order chi connectivity index (χ0) is 12.4. The molecule has 1 aromatic carbocycles. The normalized spacial score (nSPS) is 15.4. The molecule has 1 aliphatic heterocycles. The van der Waals surface area contributed by atoms with Crippen molar-refractivity contribution in [1.29, 1.82) is 0 Å². The first-order valence-corrected chi connectivity index (χ1v) is 6.14. The lowest BCUT2D eigenvalue weighted by Gasteiger charge is -2.13. The van der Waals surface area contributed by atoms with Crippen LogP contribution in [0.25, 0.3) is 0 Å². The van der Waals surface area contributed by atoms with E-state index in [-0.39, 0.29) is 0 Å². The minimum atomic E-state index is 0.751. The zero-order valence-corrected chi connectivity index (χ0v) is 11.3. The van der Waals surface area contributed by atoms with Crippen LogP contribution < -0.4 is 4.74 Å². The fourth-order valence-electron chi connectivity index (χ4n) is 2.27. The summed E-state index contributed by atoms with van der Waals surface area (Å²) in [5.41, 5.74) is 4.26. The molecule has 3 heteroatoms. The summed E-state index contributed by atoms with van der Waals surface area (Å²) < 4.78 is 5.80. The van der Waals surface area contributed by atoms with Gasteiger partial charge >= 0.3 is 0 Å². The Bertz CT molecular complexity index is 401. The van der Waals surface area contributed by atoms with Gasteiger partial charge in [0.15, 0.2) is 0 Å². The number of nitrogens with zero attached hydrogens (tertiary/aromatic N) is 2. The van der Waals surface area contributed by atoms with Gasteiger partial charge in [-0.25, -0.2) is 0 Å². The molecule has 0 fully saturated rings. The minimum Gasteiger partial charge on any atom is -0.492 e. The van der Waals surface area contributed by atoms with E-state index in [9.17, 15) is 0 Å². The van der Waals surface area contributed by atoms with Gasteiger partial charge in [-0.1, -0.05) is 0 Å². The van der Waals surface area contributed by atoms with Crippen LogP contribution in [0.15, 0.2) is 12.1 Å². The van der Waals surface area contributed by atoms with Gasteiger partial charge in [0.1, 0.15) is 12.4 Å². The van der Waals surface area contributed by atoms with Gasteiger partial charge in [-0.3, -0.25) is 4.90 Å². The molecule has 17 heavy (non-hydrogen) atoms. The molecule has 0 unspecified atom stereocenters. The number of hydrogen-bond acceptors (Lipinski definition) is 3. The summed E-state index contributed by atoms with van der Waals surface area (Å²) in [6.45, 7) is 5.99. The summed E-state index contributed by atoms with van der Waals surface area (Å²) in [5.74, 6) is 1.01. The third-order valence-electron chi connectivity index (χ3n) is 3.21. The van der Waals surface area contributed by atoms with Crippen molar-refractivity contribution in [3.05, 3.63) is 28.8 Å². The van der Waals surface area contributed by atoms with Gasteiger partial charge in [-0.2, -0.15) is 0 Å². The summed E-state index contributed by atoms with van der Waals surface area (Å²) in [4.78, 5) is 4.47. The van der Waals surface area contributed by atoms with Crippen molar-refractivity contribution in [2.75, 3.05) is 34.3 Å². The fraction of sp³-hybridized carbons (Fsp3) is 0.571. The molecule has 94 valence electrons. The van der Waals surface area contributed by atoms with Gasteiger partial charge in [-0.15, -0.1) is 0 Å². The molecule has 2 rings (SSSR count). The lowest BCUT2D eigenvalue weighted by atomic mass is 10.0. The highest BCUT2D eigenvalue weighted by atomic mass is 16.5. The first-order valence-electron chi connectivity index (χ1n) is 6.14. The SMILES string of the molecule is Cc1cc(OCCN(C)C)cc2c1CN(C)C2. The second kappa shape index (κ2) is 5.07. The van der Waals surface area contributed by atoms with E-state index in [1.807, 2.05) is 0 Å². The maximum Gasteiger partial charge on any atom is 0.119 e. The van der Waals surface area contributed by atoms with Crippen LogP contribution in [0.2, 0.25) is 0 Å². The fourth-order valence-corrected chi connectivity index (χ4v) is 2.27. The molecule has 0 bridgehead atoms. The van der Waals surface area contributed by atoms with Crippen LogP contribution in [-0.2, 0) is 13.1 Å². The van der Waals surface area contributed by atoms with Crippen LogP contribution >= 0.6 is 0 Å². The molecule has 3 nitrogen and oxygen atoms in total. The molecule has 0 saturated carbocycles. The Morgan fingerprint density at radius 3 is 2.76 bits per heavy atom. The molecule has 1 aliphatic rings. The van der Waals surface area contributed by atoms with E-state index in [4.69, 9.17) is 4.74 Å². The third-order valence-corrected chi connectivity index (χ3v) is 3.21. The van der Waals surface area contributed by atoms with Crippen molar-refractivity contribution in [3.63, 3.8) is 0 Å². The van der Waals surface area contributed by atoms with Crippen LogP contribution in [0.1, 0.15) is 16.7 Å². The second-order valence-electron chi connectivity index (χ2n) is 5.20. The van der Waals surface area contributed by atoms with Gasteiger partial charge < -0.3 is 9.64 Å². The van der Waals surface area contributed by atoms with E-state index in [1.54, 1.807) is 0 Å². The number of rotatable bonds is 4. The van der Waals surface area contributed by atoms with Crippen molar-refractivity contribution in [3.8, 4) is 5.75 Å². The average molecular weight is 234 g/mol. The number of fused-ring (bicyclic) bond motifs is 1. The van der Waals surface area contributed by atoms with Crippen LogP contribution in [-0.4, -0.2) is 44.1 Å². The first-order chi connectivity index (χ1) is 8.06. The van der Waals surface area contributed by atoms with Crippen LogP contribution in [0, 0.1) is 6.92 Å². The number of ether oxygens (including phenoxy) is 1. The quantitative estimate of drug-likeness (QED) is 0.791. The number of aryl methyl sites for hydroxylation is 1. The molecule has 0 N–H and O–H groups in total. The van der Waals surface area contributed by atoms with Crippen LogP contribution in [0.4, 0.5) is 0 Å². The summed E-state index contributed by atoms with van der Waals surface area (Å²) in [5, 5.41) is 0. The molecular weight excluding hydrogens is 212 g/mol. The molecular formula is C14H22N2O. The molecule has 1 aromatic rings. The minimum absolute atomic E-state index is 0.751. The number of likely N-dealkylation sites (N-methyl/N-ethyl adjacent to an activating group) is 1. The van der Waals surface area contributed by atoms with Crippen molar-refractivity contribution >= 4 is 0 Å². The van der Waals surface area contributed by atoms with Gasteiger partial charge in [-0.05, 0) is 56.9 Å². The Morgan fingerprint density at radius 1 is 1.29 bits per heavy atom. The number of benzene rings is 1. The van der Waals surface area contributed by atoms with Gasteiger partial charge in [0.2, 0.25) is 0 Å². The summed E-state index contributed by atoms with van der Waals surface area (Å²) in [6, 6.07) is 4.36. The lowest BCUT2D eigenvalue weighted by Crippen LogP contribution is -2.19. The van der Waals surface area contributed by atoms with Gasteiger partial charge in [0.05, 0.1) is 0 Å². The second-order valence-corrected chi connectivity index (χ2v) is 5.20. The predicted octanol–water partition coefficient (Wildman–Crippen LogP) is 1.88. The summed E-state index contributed by atoms with van der Waals surface area (Å²) in [6.07, 6.45) is 0. The highest BCUT2D eigenvalue weighted by Gasteiger charge is 2.18. The highest BCUT2D eigenvalue weighted by molar-refractivity contribution is 5.43. The molecule has 0 aliphatic carbocycles. The smallest absolute Gasteiger partial charge is 0.119 e. The summed E-state index contributed by atoms with van der Waals surface area (Å²) >= 11 is 0. The van der Waals surface area contributed by atoms with Crippen LogP contribution in [0.5, 0.6) is 5.75 Å². The van der Waals surface area contributed by atoms with E-state index >= 15 is 0 Å². The monoisotopic (exact) mass is 234 g/mol. The molecule has 1 heterocycles. The zero-order valence-electron chi connectivity index (χ0n) is 11.3. The molecule has 0 saturated heterocycles. The first kappa shape index (κ1) is 12.4. The Balaban J connectivity index is 2.05. The largest absolute Gasteiger partial charge is 0.492 e. The van der Waals surface area contributed by atoms with Crippen molar-refractivity contribution in [2.45, 2.75) is 20.0 Å². The van der Waals surface area contributed by atoms with Crippen molar-refractivity contribution in [2.24, 2.45) is 0 Å². The van der Waals surface area contributed by atoms with E-state index in [2.05, 4.69) is 50.0 Å². The predicted molar refractivity (Wildman–Crippen MR) is 70.4 cm³/mol. The average Bonchev–Trinajstić information content (AvgIpc) is 2.58. The van der Waals surface area contributed by atoms with E-state index in [1.165, 1.54) is 16.7 Å². The Hall–Kier alpha value is -1.06. The molecule has 0 aromatic heterocycles. The van der Waals surface area contributed by atoms with E-state index in [0.717, 1.165) is 32.0 Å². The van der Waals surface area contributed by atoms with Gasteiger partial charge in [0, 0.05) is 19.6 Å². The highest BCUT2D eigenvalue weighted by Crippen LogP contribution is 2.29. The third kappa shape index (κ3) is 2.99. The topological polar surface area (TPSA) is 15.7 Å². The van der Waals surface area contributed by atoms with Crippen LogP contribution in [0.3, 0.4) is 0 Å². The molecule has 0 spiro atoms. The van der Waals surface area contributed by atoms with E-state index in [0.29, 0.717) is 0 Å². The Kier molecular flexibility index (Phi) is 3.69. The summed E-state index contributed by atoms with van der Waals surface area (Å²) in [7, 11) is 6.28. The van der Waals surface area contributed by atoms with Crippen molar-refractivity contribution in [1.82, 2.24) is 9.80 Å². The molecule has 0 amide bonds. The van der Waals surface area contributed by atoms with E-state index < -0.39 is 0 Å². The molecule has 0 atom stereocenters. The van der Waals surface area contributed by atoms with Crippen molar-refractivity contribution < 1.29 is 4.74 Å². The maximum atomic E-state index is 5.80. The standard InChI is InChI=1S/C14H22N2O/c1-11-7-13(17-6-5-15(2)3)8-12-9-16(4)10-14(11)12/h7-8H,5-6,9-10H2,1-4H3. The molecule has 0 radical (unpaired) electrons. The Labute approximate surface area is 104 Å². The lowest BCUT2D eigenvalue weighted by molar-refractivity contribution is 0.261. The number of hydrogen-bond donors (Lipinski definition) is 0.